The lowest BCUT2D eigenvalue weighted by atomic mass is 10.3. The van der Waals surface area contributed by atoms with Crippen molar-refractivity contribution in [3.05, 3.63) is 71.7 Å². The van der Waals surface area contributed by atoms with Crippen LogP contribution >= 0.6 is 0 Å². The number of anilines is 5. The molecular formula is C23H24N6O4S. The maximum Gasteiger partial charge on any atom is 0.267 e. The third-order valence-electron chi connectivity index (χ3n) is 4.85. The summed E-state index contributed by atoms with van der Waals surface area (Å²) in [5.41, 5.74) is 3.04. The summed E-state index contributed by atoms with van der Waals surface area (Å²) >= 11 is 0. The largest absolute Gasteiger partial charge is 0.497 e. The van der Waals surface area contributed by atoms with Gasteiger partial charge in [0.05, 0.1) is 7.11 Å². The Morgan fingerprint density at radius 1 is 0.853 bits per heavy atom. The van der Waals surface area contributed by atoms with Crippen LogP contribution in [-0.4, -0.2) is 30.7 Å². The van der Waals surface area contributed by atoms with Crippen LogP contribution in [0.15, 0.2) is 64.0 Å². The quantitative estimate of drug-likeness (QED) is 0.329. The summed E-state index contributed by atoms with van der Waals surface area (Å²) in [6.45, 7) is 5.01. The van der Waals surface area contributed by atoms with Crippen molar-refractivity contribution >= 4 is 38.9 Å². The number of hydrogen-bond donors (Lipinski definition) is 3. The molecule has 3 N–H and O–H groups in total. The van der Waals surface area contributed by atoms with Crippen molar-refractivity contribution in [3.8, 4) is 5.75 Å². The fraction of sp³-hybridized carbons (Fsp3) is 0.174. The number of benzene rings is 2. The third-order valence-corrected chi connectivity index (χ3v) is 6.47. The second-order valence-corrected chi connectivity index (χ2v) is 9.15. The fourth-order valence-corrected chi connectivity index (χ4v) is 4.72. The maximum atomic E-state index is 12.7. The molecule has 2 heterocycles. The first-order valence-electron chi connectivity index (χ1n) is 10.3. The van der Waals surface area contributed by atoms with E-state index in [0.29, 0.717) is 28.8 Å². The molecule has 2 aromatic carbocycles. The number of aryl methyl sites for hydroxylation is 3. The van der Waals surface area contributed by atoms with Crippen molar-refractivity contribution in [3.63, 3.8) is 0 Å². The first kappa shape index (κ1) is 23.1. The van der Waals surface area contributed by atoms with Crippen LogP contribution in [0, 0.1) is 20.8 Å². The molecule has 0 saturated heterocycles. The standard InChI is InChI=1S/C23H24N6O4S/c1-14-13-21(25-17-9-11-20(32-4)12-10-17)27-23(24-14)26-18-5-7-19(8-6-18)29-34(30,31)22-15(2)28-33-16(22)3/h5-13,29H,1-4H3,(H2,24,25,26,27). The van der Waals surface area contributed by atoms with Crippen LogP contribution in [0.5, 0.6) is 5.75 Å². The van der Waals surface area contributed by atoms with Gasteiger partial charge in [0.25, 0.3) is 10.0 Å². The second-order valence-electron chi connectivity index (χ2n) is 7.53. The van der Waals surface area contributed by atoms with Crippen LogP contribution in [0.3, 0.4) is 0 Å². The van der Waals surface area contributed by atoms with Gasteiger partial charge in [-0.2, -0.15) is 4.98 Å². The highest BCUT2D eigenvalue weighted by molar-refractivity contribution is 7.92. The Balaban J connectivity index is 1.47. The van der Waals surface area contributed by atoms with Gasteiger partial charge < -0.3 is 19.9 Å². The van der Waals surface area contributed by atoms with Crippen molar-refractivity contribution in [2.75, 3.05) is 22.5 Å². The van der Waals surface area contributed by atoms with Crippen LogP contribution in [-0.2, 0) is 10.0 Å². The molecule has 0 spiro atoms. The molecule has 0 aliphatic rings. The van der Waals surface area contributed by atoms with Gasteiger partial charge in [-0.3, -0.25) is 4.72 Å². The molecule has 10 nitrogen and oxygen atoms in total. The van der Waals surface area contributed by atoms with Gasteiger partial charge in [0.15, 0.2) is 10.7 Å². The summed E-state index contributed by atoms with van der Waals surface area (Å²) < 4.78 is 38.1. The summed E-state index contributed by atoms with van der Waals surface area (Å²) in [6.07, 6.45) is 0. The molecule has 11 heteroatoms. The van der Waals surface area contributed by atoms with Gasteiger partial charge in [-0.25, -0.2) is 13.4 Å². The van der Waals surface area contributed by atoms with Gasteiger partial charge in [0.2, 0.25) is 5.95 Å². The zero-order valence-corrected chi connectivity index (χ0v) is 19.9. The van der Waals surface area contributed by atoms with E-state index in [1.165, 1.54) is 0 Å². The summed E-state index contributed by atoms with van der Waals surface area (Å²) in [6, 6.07) is 16.1. The van der Waals surface area contributed by atoms with Crippen LogP contribution in [0.2, 0.25) is 0 Å². The predicted molar refractivity (Wildman–Crippen MR) is 130 cm³/mol. The van der Waals surface area contributed by atoms with Crippen molar-refractivity contribution < 1.29 is 17.7 Å². The summed E-state index contributed by atoms with van der Waals surface area (Å²) in [5, 5.41) is 10.1. The minimum atomic E-state index is -3.82. The number of methoxy groups -OCH3 is 1. The van der Waals surface area contributed by atoms with E-state index in [1.54, 1.807) is 45.2 Å². The minimum absolute atomic E-state index is 0.0414. The maximum absolute atomic E-state index is 12.7. The monoisotopic (exact) mass is 480 g/mol. The first-order chi connectivity index (χ1) is 16.2. The van der Waals surface area contributed by atoms with Crippen LogP contribution in [0.25, 0.3) is 0 Å². The van der Waals surface area contributed by atoms with Crippen molar-refractivity contribution in [2.24, 2.45) is 0 Å². The minimum Gasteiger partial charge on any atom is -0.497 e. The highest BCUT2D eigenvalue weighted by atomic mass is 32.2. The van der Waals surface area contributed by atoms with Gasteiger partial charge >= 0.3 is 0 Å². The van der Waals surface area contributed by atoms with E-state index in [9.17, 15) is 8.42 Å². The molecule has 0 unspecified atom stereocenters. The van der Waals surface area contributed by atoms with Crippen LogP contribution in [0.4, 0.5) is 28.8 Å². The van der Waals surface area contributed by atoms with Crippen molar-refractivity contribution in [2.45, 2.75) is 25.7 Å². The van der Waals surface area contributed by atoms with Gasteiger partial charge in [0.1, 0.15) is 17.3 Å². The van der Waals surface area contributed by atoms with Crippen LogP contribution in [0.1, 0.15) is 17.1 Å². The molecule has 4 aromatic rings. The molecule has 0 amide bonds. The molecule has 176 valence electrons. The Labute approximate surface area is 197 Å². The molecule has 2 aromatic heterocycles. The normalized spacial score (nSPS) is 11.2. The molecule has 0 atom stereocenters. The smallest absolute Gasteiger partial charge is 0.267 e. The summed E-state index contributed by atoms with van der Waals surface area (Å²) in [4.78, 5) is 8.97. The van der Waals surface area contributed by atoms with Gasteiger partial charge in [-0.15, -0.1) is 0 Å². The summed E-state index contributed by atoms with van der Waals surface area (Å²) in [5.74, 6) is 2.03. The van der Waals surface area contributed by atoms with E-state index in [-0.39, 0.29) is 10.7 Å². The first-order valence-corrected chi connectivity index (χ1v) is 11.8. The molecule has 0 radical (unpaired) electrons. The number of nitrogens with zero attached hydrogens (tertiary/aromatic N) is 3. The number of ether oxygens (including phenoxy) is 1. The number of nitrogens with one attached hydrogen (secondary N) is 3. The number of hydrogen-bond acceptors (Lipinski definition) is 9. The molecule has 0 aliphatic heterocycles. The van der Waals surface area contributed by atoms with E-state index >= 15 is 0 Å². The topological polar surface area (TPSA) is 131 Å². The lowest BCUT2D eigenvalue weighted by Crippen LogP contribution is -2.14. The Morgan fingerprint density at radius 2 is 1.47 bits per heavy atom. The molecular weight excluding hydrogens is 456 g/mol. The number of aromatic nitrogens is 3. The van der Waals surface area contributed by atoms with E-state index in [2.05, 4.69) is 30.5 Å². The van der Waals surface area contributed by atoms with E-state index < -0.39 is 10.0 Å². The lowest BCUT2D eigenvalue weighted by molar-refractivity contribution is 0.390. The zero-order valence-electron chi connectivity index (χ0n) is 19.1. The van der Waals surface area contributed by atoms with Gasteiger partial charge in [0, 0.05) is 28.8 Å². The average Bonchev–Trinajstić information content (AvgIpc) is 3.14. The van der Waals surface area contributed by atoms with Crippen molar-refractivity contribution in [1.82, 2.24) is 15.1 Å². The summed E-state index contributed by atoms with van der Waals surface area (Å²) in [7, 11) is -2.20. The second kappa shape index (κ2) is 9.40. The molecule has 0 fully saturated rings. The molecule has 0 aliphatic carbocycles. The Bertz CT molecular complexity index is 1380. The molecule has 4 rings (SSSR count). The highest BCUT2D eigenvalue weighted by Crippen LogP contribution is 2.25. The van der Waals surface area contributed by atoms with E-state index in [4.69, 9.17) is 9.26 Å². The highest BCUT2D eigenvalue weighted by Gasteiger charge is 2.24. The van der Waals surface area contributed by atoms with Crippen molar-refractivity contribution in [1.29, 1.82) is 0 Å². The van der Waals surface area contributed by atoms with Gasteiger partial charge in [-0.1, -0.05) is 5.16 Å². The lowest BCUT2D eigenvalue weighted by Gasteiger charge is -2.11. The van der Waals surface area contributed by atoms with Gasteiger partial charge in [-0.05, 0) is 69.3 Å². The average molecular weight is 481 g/mol. The SMILES string of the molecule is COc1ccc(Nc2cc(C)nc(Nc3ccc(NS(=O)(=O)c4c(C)noc4C)cc3)n2)cc1. The third kappa shape index (κ3) is 5.26. The fourth-order valence-electron chi connectivity index (χ4n) is 3.33. The van der Waals surface area contributed by atoms with Crippen LogP contribution < -0.4 is 20.1 Å². The number of rotatable bonds is 8. The zero-order chi connectivity index (χ0) is 24.3. The molecule has 0 bridgehead atoms. The molecule has 34 heavy (non-hydrogen) atoms. The Hall–Kier alpha value is -4.12. The Kier molecular flexibility index (Phi) is 6.37. The number of sulfonamides is 1. The van der Waals surface area contributed by atoms with E-state index in [1.807, 2.05) is 37.3 Å². The molecule has 0 saturated carbocycles. The van der Waals surface area contributed by atoms with E-state index in [0.717, 1.165) is 17.1 Å². The predicted octanol–water partition coefficient (Wildman–Crippen LogP) is 4.69. The Morgan fingerprint density at radius 3 is 2.09 bits per heavy atom.